The summed E-state index contributed by atoms with van der Waals surface area (Å²) in [5.41, 5.74) is 0.533. The van der Waals surface area contributed by atoms with Crippen molar-refractivity contribution in [2.45, 2.75) is 13.0 Å². The number of likely N-dealkylation sites (tertiary alicyclic amines) is 1. The van der Waals surface area contributed by atoms with Crippen LogP contribution >= 0.6 is 22.9 Å². The van der Waals surface area contributed by atoms with Crippen LogP contribution in [0.1, 0.15) is 15.4 Å². The van der Waals surface area contributed by atoms with Crippen LogP contribution in [-0.2, 0) is 0 Å². The van der Waals surface area contributed by atoms with Crippen molar-refractivity contribution in [3.05, 3.63) is 28.2 Å². The molecule has 0 aliphatic carbocycles. The highest BCUT2D eigenvalue weighted by atomic mass is 32.1. The van der Waals surface area contributed by atoms with Crippen LogP contribution in [0.2, 0.25) is 0 Å². The van der Waals surface area contributed by atoms with Gasteiger partial charge in [0, 0.05) is 16.5 Å². The Hall–Kier alpha value is -1.47. The molecule has 2 aromatic heterocycles. The van der Waals surface area contributed by atoms with Crippen molar-refractivity contribution in [1.29, 1.82) is 0 Å². The fourth-order valence-corrected chi connectivity index (χ4v) is 2.81. The van der Waals surface area contributed by atoms with E-state index in [0.717, 1.165) is 4.88 Å². The molecule has 2 aromatic rings. The molecule has 3 heterocycles. The zero-order chi connectivity index (χ0) is 12.5. The number of carbonyl (C=O) groups excluding carboxylic acids is 1. The standard InChI is InChI=1S/C11H11N3O2S2/c1-7-4-9(13-18-7)10(15)14-5-8(6-14)16-11-12-2-3-17-11/h2-4,8H,5-6H2,1H3. The number of amides is 1. The molecular formula is C11H11N3O2S2. The largest absolute Gasteiger partial charge is 0.463 e. The maximum absolute atomic E-state index is 12.0. The van der Waals surface area contributed by atoms with E-state index in [2.05, 4.69) is 9.36 Å². The lowest BCUT2D eigenvalue weighted by molar-refractivity contribution is 0.0173. The number of carbonyl (C=O) groups is 1. The molecule has 7 heteroatoms. The summed E-state index contributed by atoms with van der Waals surface area (Å²) in [6.07, 6.45) is 1.76. The third-order valence-corrected chi connectivity index (χ3v) is 4.01. The Balaban J connectivity index is 1.54. The topological polar surface area (TPSA) is 55.3 Å². The van der Waals surface area contributed by atoms with Crippen LogP contribution in [0.3, 0.4) is 0 Å². The van der Waals surface area contributed by atoms with Crippen molar-refractivity contribution in [2.24, 2.45) is 0 Å². The molecule has 1 saturated heterocycles. The van der Waals surface area contributed by atoms with Crippen LogP contribution in [0.4, 0.5) is 0 Å². The van der Waals surface area contributed by atoms with E-state index in [1.165, 1.54) is 22.9 Å². The number of aryl methyl sites for hydroxylation is 1. The van der Waals surface area contributed by atoms with Crippen molar-refractivity contribution in [1.82, 2.24) is 14.3 Å². The molecule has 94 valence electrons. The van der Waals surface area contributed by atoms with Gasteiger partial charge in [0.15, 0.2) is 0 Å². The second kappa shape index (κ2) is 4.66. The molecule has 0 saturated carbocycles. The lowest BCUT2D eigenvalue weighted by atomic mass is 10.1. The third kappa shape index (κ3) is 2.23. The smallest absolute Gasteiger partial charge is 0.273 e. The highest BCUT2D eigenvalue weighted by Gasteiger charge is 2.34. The van der Waals surface area contributed by atoms with E-state index < -0.39 is 0 Å². The molecule has 0 atom stereocenters. The Kier molecular flexibility index (Phi) is 3.00. The molecule has 0 unspecified atom stereocenters. The van der Waals surface area contributed by atoms with E-state index in [9.17, 15) is 4.79 Å². The average molecular weight is 281 g/mol. The first-order chi connectivity index (χ1) is 8.72. The van der Waals surface area contributed by atoms with Gasteiger partial charge in [0.1, 0.15) is 11.8 Å². The maximum atomic E-state index is 12.0. The normalized spacial score (nSPS) is 15.5. The van der Waals surface area contributed by atoms with E-state index in [0.29, 0.717) is 24.0 Å². The molecule has 0 radical (unpaired) electrons. The molecule has 1 aliphatic heterocycles. The minimum absolute atomic E-state index is 0.0154. The lowest BCUT2D eigenvalue weighted by Crippen LogP contribution is -2.56. The first-order valence-corrected chi connectivity index (χ1v) is 7.16. The number of thiazole rings is 1. The Morgan fingerprint density at radius 2 is 2.39 bits per heavy atom. The van der Waals surface area contributed by atoms with Crippen molar-refractivity contribution in [3.8, 4) is 5.19 Å². The van der Waals surface area contributed by atoms with Crippen LogP contribution in [0, 0.1) is 6.92 Å². The molecule has 1 aliphatic rings. The predicted octanol–water partition coefficient (Wildman–Crippen LogP) is 1.81. The average Bonchev–Trinajstić information content (AvgIpc) is 2.93. The molecule has 0 N–H and O–H groups in total. The Labute approximate surface area is 112 Å². The van der Waals surface area contributed by atoms with Crippen molar-refractivity contribution >= 4 is 28.8 Å². The quantitative estimate of drug-likeness (QED) is 0.861. The minimum atomic E-state index is -0.0154. The molecule has 18 heavy (non-hydrogen) atoms. The van der Waals surface area contributed by atoms with E-state index in [1.54, 1.807) is 11.1 Å². The zero-order valence-electron chi connectivity index (χ0n) is 9.70. The predicted molar refractivity (Wildman–Crippen MR) is 69.3 cm³/mol. The summed E-state index contributed by atoms with van der Waals surface area (Å²) in [4.78, 5) is 18.8. The molecule has 0 aromatic carbocycles. The summed E-state index contributed by atoms with van der Waals surface area (Å²) in [5, 5.41) is 2.53. The van der Waals surface area contributed by atoms with Gasteiger partial charge in [-0.2, -0.15) is 4.37 Å². The molecule has 3 rings (SSSR count). The van der Waals surface area contributed by atoms with Crippen LogP contribution < -0.4 is 4.74 Å². The molecule has 1 amide bonds. The first kappa shape index (κ1) is 11.6. The third-order valence-electron chi connectivity index (χ3n) is 2.66. The van der Waals surface area contributed by atoms with Gasteiger partial charge >= 0.3 is 0 Å². The zero-order valence-corrected chi connectivity index (χ0v) is 11.3. The van der Waals surface area contributed by atoms with Crippen molar-refractivity contribution in [2.75, 3.05) is 13.1 Å². The number of hydrogen-bond acceptors (Lipinski definition) is 6. The summed E-state index contributed by atoms with van der Waals surface area (Å²) in [6.45, 7) is 3.16. The van der Waals surface area contributed by atoms with Crippen LogP contribution in [-0.4, -0.2) is 39.4 Å². The van der Waals surface area contributed by atoms with Gasteiger partial charge in [-0.05, 0) is 24.5 Å². The fourth-order valence-electron chi connectivity index (χ4n) is 1.72. The SMILES string of the molecule is Cc1cc(C(=O)N2CC(Oc3nccs3)C2)ns1. The number of hydrogen-bond donors (Lipinski definition) is 0. The highest BCUT2D eigenvalue weighted by molar-refractivity contribution is 7.11. The number of nitrogens with zero attached hydrogens (tertiary/aromatic N) is 3. The molecule has 0 bridgehead atoms. The van der Waals surface area contributed by atoms with E-state index in [1.807, 2.05) is 18.4 Å². The maximum Gasteiger partial charge on any atom is 0.273 e. The van der Waals surface area contributed by atoms with Crippen molar-refractivity contribution in [3.63, 3.8) is 0 Å². The van der Waals surface area contributed by atoms with Gasteiger partial charge < -0.3 is 9.64 Å². The summed E-state index contributed by atoms with van der Waals surface area (Å²) in [7, 11) is 0. The van der Waals surface area contributed by atoms with E-state index in [4.69, 9.17) is 4.74 Å². The minimum Gasteiger partial charge on any atom is -0.463 e. The highest BCUT2D eigenvalue weighted by Crippen LogP contribution is 2.21. The second-order valence-corrected chi connectivity index (χ2v) is 5.94. The Morgan fingerprint density at radius 3 is 3.00 bits per heavy atom. The summed E-state index contributed by atoms with van der Waals surface area (Å²) < 4.78 is 9.73. The lowest BCUT2D eigenvalue weighted by Gasteiger charge is -2.37. The van der Waals surface area contributed by atoms with Gasteiger partial charge in [-0.3, -0.25) is 4.79 Å². The molecule has 0 spiro atoms. The van der Waals surface area contributed by atoms with Crippen LogP contribution in [0.15, 0.2) is 17.6 Å². The van der Waals surface area contributed by atoms with Gasteiger partial charge in [0.2, 0.25) is 0 Å². The fraction of sp³-hybridized carbons (Fsp3) is 0.364. The summed E-state index contributed by atoms with van der Waals surface area (Å²) in [5.74, 6) is -0.0154. The molecule has 5 nitrogen and oxygen atoms in total. The van der Waals surface area contributed by atoms with E-state index in [-0.39, 0.29) is 12.0 Å². The second-order valence-electron chi connectivity index (χ2n) is 4.07. The summed E-state index contributed by atoms with van der Waals surface area (Å²) in [6, 6.07) is 1.82. The van der Waals surface area contributed by atoms with E-state index >= 15 is 0 Å². The van der Waals surface area contributed by atoms with Crippen LogP contribution in [0.25, 0.3) is 0 Å². The van der Waals surface area contributed by atoms with Crippen LogP contribution in [0.5, 0.6) is 5.19 Å². The van der Waals surface area contributed by atoms with Crippen molar-refractivity contribution < 1.29 is 9.53 Å². The number of rotatable bonds is 3. The first-order valence-electron chi connectivity index (χ1n) is 5.51. The summed E-state index contributed by atoms with van der Waals surface area (Å²) >= 11 is 2.81. The molecule has 1 fully saturated rings. The number of aromatic nitrogens is 2. The monoisotopic (exact) mass is 281 g/mol. The Morgan fingerprint density at radius 1 is 1.56 bits per heavy atom. The molecular weight excluding hydrogens is 270 g/mol. The Bertz CT molecular complexity index is 546. The van der Waals surface area contributed by atoms with Gasteiger partial charge in [-0.1, -0.05) is 11.3 Å². The van der Waals surface area contributed by atoms with Gasteiger partial charge in [-0.25, -0.2) is 4.98 Å². The number of ether oxygens (including phenoxy) is 1. The van der Waals surface area contributed by atoms with Gasteiger partial charge in [0.25, 0.3) is 11.1 Å². The van der Waals surface area contributed by atoms with Gasteiger partial charge in [-0.15, -0.1) is 0 Å². The van der Waals surface area contributed by atoms with Gasteiger partial charge in [0.05, 0.1) is 13.1 Å².